The van der Waals surface area contributed by atoms with Gasteiger partial charge in [-0.2, -0.15) is 0 Å². The molecule has 2 aromatic carbocycles. The van der Waals surface area contributed by atoms with Gasteiger partial charge in [0.25, 0.3) is 0 Å². The lowest BCUT2D eigenvalue weighted by molar-refractivity contribution is -0.320. The molecular formula is C38H44O12. The van der Waals surface area contributed by atoms with Crippen LogP contribution in [0, 0.1) is 28.6 Å². The van der Waals surface area contributed by atoms with Gasteiger partial charge in [-0.05, 0) is 48.9 Å². The number of aliphatic hydroxyl groups is 3. The lowest BCUT2D eigenvalue weighted by Gasteiger charge is -2.69. The molecule has 3 fully saturated rings. The Kier molecular flexibility index (Phi) is 9.63. The molecule has 0 amide bonds. The van der Waals surface area contributed by atoms with E-state index in [1.807, 2.05) is 0 Å². The van der Waals surface area contributed by atoms with Crippen molar-refractivity contribution in [1.82, 2.24) is 0 Å². The first-order valence-corrected chi connectivity index (χ1v) is 16.5. The van der Waals surface area contributed by atoms with Crippen LogP contribution in [0.1, 0.15) is 68.7 Å². The molecule has 3 saturated carbocycles. The summed E-state index contributed by atoms with van der Waals surface area (Å²) in [5, 5.41) is 36.7. The van der Waals surface area contributed by atoms with Crippen LogP contribution in [0.5, 0.6) is 0 Å². The molecule has 11 atom stereocenters. The minimum Gasteiger partial charge on any atom is -0.459 e. The highest BCUT2D eigenvalue weighted by atomic mass is 16.6. The van der Waals surface area contributed by atoms with Crippen molar-refractivity contribution in [2.24, 2.45) is 28.6 Å². The van der Waals surface area contributed by atoms with E-state index in [9.17, 15) is 39.3 Å². The van der Waals surface area contributed by atoms with Crippen molar-refractivity contribution >= 4 is 29.7 Å². The zero-order valence-electron chi connectivity index (χ0n) is 28.9. The van der Waals surface area contributed by atoms with Gasteiger partial charge in [0.05, 0.1) is 17.0 Å². The second kappa shape index (κ2) is 13.1. The van der Waals surface area contributed by atoms with E-state index in [0.717, 1.165) is 20.8 Å². The molecule has 2 aromatic rings. The Morgan fingerprint density at radius 3 is 1.76 bits per heavy atom. The van der Waals surface area contributed by atoms with Crippen molar-refractivity contribution in [2.45, 2.75) is 89.7 Å². The largest absolute Gasteiger partial charge is 0.459 e. The number of aliphatic hydroxyl groups excluding tert-OH is 1. The third kappa shape index (κ3) is 5.72. The van der Waals surface area contributed by atoms with Gasteiger partial charge in [0.1, 0.15) is 30.0 Å². The minimum atomic E-state index is -2.77. The van der Waals surface area contributed by atoms with E-state index in [0.29, 0.717) is 0 Å². The second-order valence-electron chi connectivity index (χ2n) is 14.6. The van der Waals surface area contributed by atoms with Gasteiger partial charge in [0.2, 0.25) is 0 Å². The fourth-order valence-electron chi connectivity index (χ4n) is 9.02. The maximum absolute atomic E-state index is 14.6. The van der Waals surface area contributed by atoms with Crippen molar-refractivity contribution in [1.29, 1.82) is 0 Å². The highest BCUT2D eigenvalue weighted by Gasteiger charge is 2.80. The van der Waals surface area contributed by atoms with E-state index >= 15 is 0 Å². The van der Waals surface area contributed by atoms with Crippen molar-refractivity contribution < 1.29 is 58.2 Å². The van der Waals surface area contributed by atoms with Crippen LogP contribution >= 0.6 is 0 Å². The predicted molar refractivity (Wildman–Crippen MR) is 176 cm³/mol. The first-order valence-electron chi connectivity index (χ1n) is 16.5. The standard InChI is InChI=1S/C38H44O12/c1-8-24-27(49-32(42)22-15-11-9-12-16-22)29-36(6)25(19-26(47-20(2)39)38(29,46)34(44)37(24,7)45)35(4,5)30(41)28(48-21(3)40)31(36)50-33(43)23-17-13-10-14-18-23/h8-18,24-31,41,45-46H,1,19H2,2-7H3/t24-,25-,26+,27+,28-,29+,30+,31-,36-,37-,38-/m0/s1. The van der Waals surface area contributed by atoms with E-state index < -0.39 is 100.0 Å². The third-order valence-electron chi connectivity index (χ3n) is 11.2. The van der Waals surface area contributed by atoms with Crippen LogP contribution in [0.4, 0.5) is 0 Å². The SMILES string of the molecule is C=C[C@H]1[C@@H](OC(=O)c2ccccc2)[C@H]2[C@](O)(C(=O)[C@@]1(C)O)[C@H](OC(C)=O)C[C@H]1C(C)(C)[C@H](O)[C@H](OC(C)=O)[C@H](OC(=O)c3ccccc3)[C@@]12C. The van der Waals surface area contributed by atoms with Crippen LogP contribution in [-0.2, 0) is 33.3 Å². The lowest BCUT2D eigenvalue weighted by atomic mass is 9.38. The summed E-state index contributed by atoms with van der Waals surface area (Å²) >= 11 is 0. The lowest BCUT2D eigenvalue weighted by Crippen LogP contribution is -2.83. The molecule has 50 heavy (non-hydrogen) atoms. The second-order valence-corrected chi connectivity index (χ2v) is 14.6. The molecule has 3 aliphatic rings. The number of ketones is 1. The first kappa shape index (κ1) is 36.9. The van der Waals surface area contributed by atoms with Crippen molar-refractivity contribution in [3.8, 4) is 0 Å². The Hall–Kier alpha value is -4.39. The highest BCUT2D eigenvalue weighted by Crippen LogP contribution is 2.67. The predicted octanol–water partition coefficient (Wildman–Crippen LogP) is 3.21. The molecule has 0 unspecified atom stereocenters. The van der Waals surface area contributed by atoms with Crippen LogP contribution in [0.2, 0.25) is 0 Å². The smallest absolute Gasteiger partial charge is 0.338 e. The molecule has 0 aromatic heterocycles. The molecule has 268 valence electrons. The van der Waals surface area contributed by atoms with E-state index in [-0.39, 0.29) is 17.5 Å². The Labute approximate surface area is 290 Å². The Morgan fingerprint density at radius 1 is 0.780 bits per heavy atom. The Bertz CT molecular complexity index is 1670. The van der Waals surface area contributed by atoms with Gasteiger partial charge in [-0.15, -0.1) is 6.58 Å². The number of carbonyl (C=O) groups excluding carboxylic acids is 5. The number of fused-ring (bicyclic) bond motifs is 3. The average Bonchev–Trinajstić information content (AvgIpc) is 3.06. The quantitative estimate of drug-likeness (QED) is 0.219. The van der Waals surface area contributed by atoms with Crippen LogP contribution in [-0.4, -0.2) is 86.7 Å². The van der Waals surface area contributed by atoms with Gasteiger partial charge >= 0.3 is 23.9 Å². The summed E-state index contributed by atoms with van der Waals surface area (Å²) in [4.78, 5) is 67.4. The van der Waals surface area contributed by atoms with Gasteiger partial charge in [-0.25, -0.2) is 9.59 Å². The number of hydrogen-bond acceptors (Lipinski definition) is 12. The molecule has 3 N–H and O–H groups in total. The highest BCUT2D eigenvalue weighted by molar-refractivity contribution is 5.98. The van der Waals surface area contributed by atoms with Crippen molar-refractivity contribution in [2.75, 3.05) is 0 Å². The summed E-state index contributed by atoms with van der Waals surface area (Å²) in [6.07, 6.45) is -6.83. The molecule has 0 bridgehead atoms. The maximum atomic E-state index is 14.6. The average molecular weight is 693 g/mol. The normalized spacial score (nSPS) is 37.3. The summed E-state index contributed by atoms with van der Waals surface area (Å²) < 4.78 is 23.8. The number of carbonyl (C=O) groups is 5. The Morgan fingerprint density at radius 2 is 1.28 bits per heavy atom. The van der Waals surface area contributed by atoms with E-state index in [2.05, 4.69) is 6.58 Å². The van der Waals surface area contributed by atoms with E-state index in [4.69, 9.17) is 18.9 Å². The molecule has 12 heteroatoms. The molecule has 0 radical (unpaired) electrons. The van der Waals surface area contributed by atoms with E-state index in [1.54, 1.807) is 57.2 Å². The monoisotopic (exact) mass is 692 g/mol. The van der Waals surface area contributed by atoms with Gasteiger partial charge in [0, 0.05) is 25.2 Å². The van der Waals surface area contributed by atoms with Crippen LogP contribution in [0.25, 0.3) is 0 Å². The Balaban J connectivity index is 1.82. The van der Waals surface area contributed by atoms with E-state index in [1.165, 1.54) is 30.3 Å². The summed E-state index contributed by atoms with van der Waals surface area (Å²) in [6.45, 7) is 12.2. The number of benzene rings is 2. The summed E-state index contributed by atoms with van der Waals surface area (Å²) in [6, 6.07) is 15.8. The summed E-state index contributed by atoms with van der Waals surface area (Å²) in [5.74, 6) is -8.37. The molecule has 0 aliphatic heterocycles. The molecule has 0 saturated heterocycles. The number of Topliss-reactive ketones (excluding diaryl/α,β-unsaturated/α-hetero) is 1. The first-order chi connectivity index (χ1) is 23.3. The van der Waals surface area contributed by atoms with Crippen molar-refractivity contribution in [3.63, 3.8) is 0 Å². The minimum absolute atomic E-state index is 0.119. The number of rotatable bonds is 7. The van der Waals surface area contributed by atoms with Crippen molar-refractivity contribution in [3.05, 3.63) is 84.4 Å². The van der Waals surface area contributed by atoms with Gasteiger partial charge in [-0.1, -0.05) is 63.2 Å². The summed E-state index contributed by atoms with van der Waals surface area (Å²) in [7, 11) is 0. The molecule has 0 spiro atoms. The zero-order chi connectivity index (χ0) is 37.0. The van der Waals surface area contributed by atoms with Gasteiger partial charge in [0.15, 0.2) is 17.5 Å². The van der Waals surface area contributed by atoms with Gasteiger partial charge < -0.3 is 34.3 Å². The molecule has 3 aliphatic carbocycles. The fourth-order valence-corrected chi connectivity index (χ4v) is 9.02. The van der Waals surface area contributed by atoms with Crippen LogP contribution in [0.15, 0.2) is 73.3 Å². The summed E-state index contributed by atoms with van der Waals surface area (Å²) in [5.41, 5.74) is -7.88. The topological polar surface area (TPSA) is 183 Å². The molecule has 5 rings (SSSR count). The van der Waals surface area contributed by atoms with Crippen LogP contribution < -0.4 is 0 Å². The molecular weight excluding hydrogens is 648 g/mol. The van der Waals surface area contributed by atoms with Crippen LogP contribution in [0.3, 0.4) is 0 Å². The van der Waals surface area contributed by atoms with Gasteiger partial charge in [-0.3, -0.25) is 14.4 Å². The maximum Gasteiger partial charge on any atom is 0.338 e. The zero-order valence-corrected chi connectivity index (χ0v) is 28.9. The number of hydrogen-bond donors (Lipinski definition) is 3. The fraction of sp³-hybridized carbons (Fsp3) is 0.500. The third-order valence-corrected chi connectivity index (χ3v) is 11.2. The molecule has 12 nitrogen and oxygen atoms in total. The molecule has 0 heterocycles. The number of esters is 4. The number of ether oxygens (including phenoxy) is 4.